The van der Waals surface area contributed by atoms with Crippen molar-refractivity contribution in [1.82, 2.24) is 5.32 Å². The summed E-state index contributed by atoms with van der Waals surface area (Å²) in [5.41, 5.74) is 0.399. The molecule has 9 heteroatoms. The van der Waals surface area contributed by atoms with E-state index in [2.05, 4.69) is 26.1 Å². The molecular weight excluding hydrogens is 477 g/mol. The van der Waals surface area contributed by atoms with Gasteiger partial charge in [0.1, 0.15) is 0 Å². The number of rotatable bonds is 7. The molecule has 0 spiro atoms. The van der Waals surface area contributed by atoms with Crippen LogP contribution in [0, 0.1) is 46.3 Å². The minimum absolute atomic E-state index is 0. The van der Waals surface area contributed by atoms with Gasteiger partial charge < -0.3 is 20.1 Å². The number of hydrogen-bond donors (Lipinski definition) is 3. The predicted octanol–water partition coefficient (Wildman–Crippen LogP) is 0.0587. The Morgan fingerprint density at radius 2 is 1.71 bits per heavy atom. The summed E-state index contributed by atoms with van der Waals surface area (Å²) in [5, 5.41) is 24.2. The Hall–Kier alpha value is 0.300. The zero-order chi connectivity index (χ0) is 24.9. The summed E-state index contributed by atoms with van der Waals surface area (Å²) in [6.07, 6.45) is 8.78. The fraction of sp³-hybridized carbons (Fsp3) is 0.962. The van der Waals surface area contributed by atoms with Crippen LogP contribution in [0.5, 0.6) is 0 Å². The van der Waals surface area contributed by atoms with Gasteiger partial charge in [-0.25, -0.2) is 8.42 Å². The van der Waals surface area contributed by atoms with E-state index in [0.717, 1.165) is 51.4 Å². The average Bonchev–Trinajstić information content (AvgIpc) is 3.09. The molecule has 4 aliphatic carbocycles. The van der Waals surface area contributed by atoms with E-state index in [1.165, 1.54) is 6.42 Å². The third-order valence-corrected chi connectivity index (χ3v) is 11.6. The number of amides is 1. The van der Waals surface area contributed by atoms with Gasteiger partial charge >= 0.3 is 29.6 Å². The summed E-state index contributed by atoms with van der Waals surface area (Å²) < 4.78 is 32.2. The summed E-state index contributed by atoms with van der Waals surface area (Å²) in [4.78, 5) is 12.2. The number of carbonyl (C=O) groups excluding carboxylic acids is 1. The van der Waals surface area contributed by atoms with Crippen LogP contribution in [0.25, 0.3) is 0 Å². The van der Waals surface area contributed by atoms with Crippen LogP contribution in [0.3, 0.4) is 0 Å². The van der Waals surface area contributed by atoms with Crippen LogP contribution in [-0.4, -0.2) is 53.6 Å². The van der Waals surface area contributed by atoms with Gasteiger partial charge in [-0.2, -0.15) is 0 Å². The fourth-order valence-corrected chi connectivity index (χ4v) is 9.49. The number of nitrogens with one attached hydrogen (secondary N) is 1. The van der Waals surface area contributed by atoms with E-state index in [1.807, 2.05) is 0 Å². The van der Waals surface area contributed by atoms with Crippen molar-refractivity contribution in [2.75, 3.05) is 12.3 Å². The molecule has 4 rings (SSSR count). The van der Waals surface area contributed by atoms with Crippen molar-refractivity contribution in [1.29, 1.82) is 0 Å². The van der Waals surface area contributed by atoms with Crippen molar-refractivity contribution < 1.29 is 57.5 Å². The largest absolute Gasteiger partial charge is 1.00 e. The second-order valence-corrected chi connectivity index (χ2v) is 14.1. The molecule has 1 amide bonds. The molecule has 10 atom stereocenters. The molecule has 0 saturated heterocycles. The number of aliphatic hydroxyl groups is 2. The molecular formula is C26H44NNaO6S. The molecule has 0 aromatic rings. The Balaban J connectivity index is 0.00000342. The van der Waals surface area contributed by atoms with Crippen molar-refractivity contribution in [2.45, 2.75) is 97.2 Å². The van der Waals surface area contributed by atoms with Crippen molar-refractivity contribution in [2.24, 2.45) is 46.3 Å². The summed E-state index contributed by atoms with van der Waals surface area (Å²) in [6, 6.07) is 0. The monoisotopic (exact) mass is 521 g/mol. The minimum atomic E-state index is -4.31. The summed E-state index contributed by atoms with van der Waals surface area (Å²) in [6.45, 7) is 6.96. The Morgan fingerprint density at radius 3 is 2.40 bits per heavy atom. The fourth-order valence-electron chi connectivity index (χ4n) is 9.14. The van der Waals surface area contributed by atoms with Crippen LogP contribution < -0.4 is 34.9 Å². The second-order valence-electron chi connectivity index (χ2n) is 12.6. The molecule has 196 valence electrons. The Morgan fingerprint density at radius 1 is 1.06 bits per heavy atom. The Kier molecular flexibility index (Phi) is 9.54. The molecule has 0 aromatic heterocycles. The maximum atomic E-state index is 12.2. The van der Waals surface area contributed by atoms with Gasteiger partial charge in [0.15, 0.2) is 0 Å². The average molecular weight is 522 g/mol. The number of carbonyl (C=O) groups is 1. The van der Waals surface area contributed by atoms with Crippen LogP contribution in [0.1, 0.15) is 85.0 Å². The Labute approximate surface area is 233 Å². The number of fused-ring (bicyclic) bond motifs is 5. The van der Waals surface area contributed by atoms with Crippen LogP contribution >= 0.6 is 0 Å². The predicted molar refractivity (Wildman–Crippen MR) is 129 cm³/mol. The standard InChI is InChI=1S/C26H45NO6S.Na/c1-16(4-7-23(30)27-12-13-34(31,32)33)19-5-6-20-24-21(9-11-26(19,20)3)25(2)10-8-18(28)14-17(25)15-22(24)29;/h16-22,24,28-29H,4-15H2,1-3H3,(H,27,30)(H,31,32,33);/q;+1/p-1/t16-,17+,18-,19-,20+,21+,22-,24?,25+,26-;/m1./s1. The third-order valence-electron chi connectivity index (χ3n) is 10.9. The second kappa shape index (κ2) is 11.2. The van der Waals surface area contributed by atoms with Gasteiger partial charge in [-0.05, 0) is 104 Å². The van der Waals surface area contributed by atoms with E-state index in [4.69, 9.17) is 0 Å². The van der Waals surface area contributed by atoms with Crippen molar-refractivity contribution in [3.05, 3.63) is 0 Å². The van der Waals surface area contributed by atoms with Crippen LogP contribution in [0.2, 0.25) is 0 Å². The van der Waals surface area contributed by atoms with Gasteiger partial charge in [-0.1, -0.05) is 20.8 Å². The van der Waals surface area contributed by atoms with Crippen molar-refractivity contribution in [3.8, 4) is 0 Å². The van der Waals surface area contributed by atoms with Crippen molar-refractivity contribution >= 4 is 16.0 Å². The molecule has 3 N–H and O–H groups in total. The van der Waals surface area contributed by atoms with E-state index in [-0.39, 0.29) is 65.0 Å². The van der Waals surface area contributed by atoms with E-state index in [9.17, 15) is 28.0 Å². The minimum Gasteiger partial charge on any atom is -0.748 e. The van der Waals surface area contributed by atoms with Crippen molar-refractivity contribution in [3.63, 3.8) is 0 Å². The van der Waals surface area contributed by atoms with Crippen LogP contribution in [-0.2, 0) is 14.9 Å². The molecule has 7 nitrogen and oxygen atoms in total. The van der Waals surface area contributed by atoms with E-state index in [1.54, 1.807) is 0 Å². The first kappa shape index (κ1) is 29.9. The quantitative estimate of drug-likeness (QED) is 0.321. The van der Waals surface area contributed by atoms with Gasteiger partial charge in [0.25, 0.3) is 0 Å². The first-order chi connectivity index (χ1) is 15.8. The first-order valence-electron chi connectivity index (χ1n) is 13.4. The van der Waals surface area contributed by atoms with Gasteiger partial charge in [0.05, 0.1) is 28.1 Å². The van der Waals surface area contributed by atoms with E-state index >= 15 is 0 Å². The zero-order valence-corrected chi connectivity index (χ0v) is 24.9. The zero-order valence-electron chi connectivity index (χ0n) is 22.0. The SMILES string of the molecule is C[C@H](CCC(=O)NCCS(=O)(=O)[O-])[C@H]1CC[C@H]2C3[C@H](O)C[C@@H]4C[C@H](O)CC[C@]4(C)[C@H]3CC[C@]12C.[Na+]. The number of hydrogen-bond acceptors (Lipinski definition) is 6. The van der Waals surface area contributed by atoms with E-state index < -0.39 is 15.9 Å². The molecule has 0 aromatic carbocycles. The molecule has 4 fully saturated rings. The summed E-state index contributed by atoms with van der Waals surface area (Å²) in [7, 11) is -4.31. The molecule has 0 radical (unpaired) electrons. The van der Waals surface area contributed by atoms with Gasteiger partial charge in [-0.15, -0.1) is 0 Å². The molecule has 4 aliphatic rings. The van der Waals surface area contributed by atoms with Crippen LogP contribution in [0.4, 0.5) is 0 Å². The van der Waals surface area contributed by atoms with E-state index in [0.29, 0.717) is 41.9 Å². The molecule has 0 aliphatic heterocycles. The molecule has 1 unspecified atom stereocenters. The number of aliphatic hydroxyl groups excluding tert-OH is 2. The smallest absolute Gasteiger partial charge is 0.748 e. The maximum absolute atomic E-state index is 12.2. The Bertz CT molecular complexity index is 870. The molecule has 0 heterocycles. The maximum Gasteiger partial charge on any atom is 1.00 e. The normalized spacial score (nSPS) is 43.8. The third kappa shape index (κ3) is 5.99. The van der Waals surface area contributed by atoms with Crippen LogP contribution in [0.15, 0.2) is 0 Å². The van der Waals surface area contributed by atoms with Gasteiger partial charge in [-0.3, -0.25) is 4.79 Å². The molecule has 35 heavy (non-hydrogen) atoms. The topological polar surface area (TPSA) is 127 Å². The summed E-state index contributed by atoms with van der Waals surface area (Å²) in [5.74, 6) is 1.92. The molecule has 0 bridgehead atoms. The van der Waals surface area contributed by atoms with Gasteiger partial charge in [0.2, 0.25) is 5.91 Å². The van der Waals surface area contributed by atoms with Gasteiger partial charge in [0, 0.05) is 13.0 Å². The first-order valence-corrected chi connectivity index (χ1v) is 15.0. The summed E-state index contributed by atoms with van der Waals surface area (Å²) >= 11 is 0. The molecule has 4 saturated carbocycles.